The second-order valence-corrected chi connectivity index (χ2v) is 6.33. The molecule has 22 heavy (non-hydrogen) atoms. The van der Waals surface area contributed by atoms with Gasteiger partial charge in [-0.3, -0.25) is 9.69 Å². The number of carbonyl (C=O) groups excluding carboxylic acids is 1. The molecule has 2 aliphatic rings. The lowest BCUT2D eigenvalue weighted by atomic mass is 10.2. The van der Waals surface area contributed by atoms with Crippen LogP contribution in [0.3, 0.4) is 0 Å². The van der Waals surface area contributed by atoms with Crippen molar-refractivity contribution in [1.29, 1.82) is 0 Å². The average Bonchev–Trinajstić information content (AvgIpc) is 3.02. The van der Waals surface area contributed by atoms with Crippen molar-refractivity contribution in [2.75, 3.05) is 37.6 Å². The minimum absolute atomic E-state index is 0.171. The number of phenolic OH excluding ortho intramolecular Hbond substituents is 1. The predicted molar refractivity (Wildman–Crippen MR) is 87.2 cm³/mol. The second-order valence-electron chi connectivity index (χ2n) is 6.33. The maximum Gasteiger partial charge on any atom is 0.234 e. The molecule has 1 saturated carbocycles. The zero-order valence-corrected chi connectivity index (χ0v) is 13.0. The van der Waals surface area contributed by atoms with Gasteiger partial charge in [0.2, 0.25) is 5.91 Å². The van der Waals surface area contributed by atoms with Gasteiger partial charge in [-0.05, 0) is 37.1 Å². The van der Waals surface area contributed by atoms with Gasteiger partial charge in [-0.25, -0.2) is 0 Å². The minimum atomic E-state index is 0.171. The lowest BCUT2D eigenvalue weighted by Gasteiger charge is -2.35. The summed E-state index contributed by atoms with van der Waals surface area (Å²) in [5.74, 6) is 0.468. The number of amides is 1. The van der Waals surface area contributed by atoms with Crippen LogP contribution in [-0.2, 0) is 4.79 Å². The second kappa shape index (κ2) is 7.01. The van der Waals surface area contributed by atoms with E-state index in [4.69, 9.17) is 0 Å². The van der Waals surface area contributed by atoms with E-state index in [1.54, 1.807) is 12.1 Å². The molecule has 0 bridgehead atoms. The molecule has 5 nitrogen and oxygen atoms in total. The fourth-order valence-electron chi connectivity index (χ4n) is 3.37. The Kier molecular flexibility index (Phi) is 4.83. The molecule has 2 fully saturated rings. The first kappa shape index (κ1) is 15.2. The summed E-state index contributed by atoms with van der Waals surface area (Å²) in [7, 11) is 0. The van der Waals surface area contributed by atoms with Crippen molar-refractivity contribution in [1.82, 2.24) is 10.2 Å². The Morgan fingerprint density at radius 2 is 1.73 bits per heavy atom. The van der Waals surface area contributed by atoms with Crippen molar-refractivity contribution >= 4 is 11.6 Å². The van der Waals surface area contributed by atoms with E-state index >= 15 is 0 Å². The Morgan fingerprint density at radius 3 is 2.36 bits per heavy atom. The van der Waals surface area contributed by atoms with Crippen LogP contribution in [0.4, 0.5) is 5.69 Å². The van der Waals surface area contributed by atoms with Crippen molar-refractivity contribution in [2.24, 2.45) is 0 Å². The van der Waals surface area contributed by atoms with Crippen LogP contribution >= 0.6 is 0 Å². The third-order valence-electron chi connectivity index (χ3n) is 4.67. The molecule has 1 heterocycles. The number of hydrogen-bond donors (Lipinski definition) is 2. The highest BCUT2D eigenvalue weighted by molar-refractivity contribution is 5.78. The smallest absolute Gasteiger partial charge is 0.234 e. The first-order valence-corrected chi connectivity index (χ1v) is 8.26. The zero-order chi connectivity index (χ0) is 15.4. The van der Waals surface area contributed by atoms with Crippen molar-refractivity contribution in [3.63, 3.8) is 0 Å². The highest BCUT2D eigenvalue weighted by Gasteiger charge is 2.21. The number of rotatable bonds is 4. The van der Waals surface area contributed by atoms with Crippen molar-refractivity contribution < 1.29 is 9.90 Å². The van der Waals surface area contributed by atoms with Gasteiger partial charge in [0.05, 0.1) is 6.54 Å². The molecule has 5 heteroatoms. The van der Waals surface area contributed by atoms with E-state index in [0.29, 0.717) is 18.3 Å². The molecule has 0 atom stereocenters. The summed E-state index contributed by atoms with van der Waals surface area (Å²) < 4.78 is 0. The molecular formula is C17H25N3O2. The van der Waals surface area contributed by atoms with Crippen molar-refractivity contribution in [2.45, 2.75) is 31.7 Å². The Bertz CT molecular complexity index is 489. The van der Waals surface area contributed by atoms with E-state index in [9.17, 15) is 9.90 Å². The normalized spacial score (nSPS) is 20.3. The van der Waals surface area contributed by atoms with E-state index in [1.807, 2.05) is 12.1 Å². The Balaban J connectivity index is 1.43. The first-order valence-electron chi connectivity index (χ1n) is 8.26. The number of anilines is 1. The van der Waals surface area contributed by atoms with E-state index in [-0.39, 0.29) is 5.91 Å². The van der Waals surface area contributed by atoms with Crippen LogP contribution in [-0.4, -0.2) is 54.7 Å². The van der Waals surface area contributed by atoms with E-state index in [1.165, 1.54) is 12.8 Å². The van der Waals surface area contributed by atoms with Gasteiger partial charge in [-0.15, -0.1) is 0 Å². The van der Waals surface area contributed by atoms with E-state index in [2.05, 4.69) is 15.1 Å². The standard InChI is InChI=1S/C17H25N3O2/c21-16-7-5-15(6-8-16)20-11-9-19(10-12-20)13-17(22)18-14-3-1-2-4-14/h5-8,14,21H,1-4,9-13H2,(H,18,22). The van der Waals surface area contributed by atoms with Gasteiger partial charge in [0, 0.05) is 37.9 Å². The summed E-state index contributed by atoms with van der Waals surface area (Å²) >= 11 is 0. The van der Waals surface area contributed by atoms with Gasteiger partial charge in [-0.1, -0.05) is 12.8 Å². The molecule has 1 aromatic rings. The summed E-state index contributed by atoms with van der Waals surface area (Å²) in [6.07, 6.45) is 4.77. The lowest BCUT2D eigenvalue weighted by molar-refractivity contribution is -0.123. The van der Waals surface area contributed by atoms with E-state index in [0.717, 1.165) is 44.7 Å². The van der Waals surface area contributed by atoms with Crippen LogP contribution in [0.5, 0.6) is 5.75 Å². The van der Waals surface area contributed by atoms with Crippen molar-refractivity contribution in [3.8, 4) is 5.75 Å². The summed E-state index contributed by atoms with van der Waals surface area (Å²) in [4.78, 5) is 16.6. The highest BCUT2D eigenvalue weighted by atomic mass is 16.3. The number of nitrogens with zero attached hydrogens (tertiary/aromatic N) is 2. The topological polar surface area (TPSA) is 55.8 Å². The third kappa shape index (κ3) is 3.91. The molecule has 0 aromatic heterocycles. The van der Waals surface area contributed by atoms with Crippen LogP contribution in [0.2, 0.25) is 0 Å². The maximum atomic E-state index is 12.1. The Labute approximate surface area is 131 Å². The quantitative estimate of drug-likeness (QED) is 0.886. The first-order chi connectivity index (χ1) is 10.7. The van der Waals surface area contributed by atoms with Gasteiger partial charge in [0.15, 0.2) is 0 Å². The molecule has 1 aromatic carbocycles. The largest absolute Gasteiger partial charge is 0.508 e. The molecule has 2 N–H and O–H groups in total. The minimum Gasteiger partial charge on any atom is -0.508 e. The van der Waals surface area contributed by atoms with Gasteiger partial charge >= 0.3 is 0 Å². The molecule has 1 aliphatic carbocycles. The zero-order valence-electron chi connectivity index (χ0n) is 13.0. The molecule has 0 unspecified atom stereocenters. The van der Waals surface area contributed by atoms with Crippen LogP contribution in [0.15, 0.2) is 24.3 Å². The SMILES string of the molecule is O=C(CN1CCN(c2ccc(O)cc2)CC1)NC1CCCC1. The lowest BCUT2D eigenvalue weighted by Crippen LogP contribution is -2.50. The highest BCUT2D eigenvalue weighted by Crippen LogP contribution is 2.20. The van der Waals surface area contributed by atoms with E-state index < -0.39 is 0 Å². The van der Waals surface area contributed by atoms with Gasteiger partial charge < -0.3 is 15.3 Å². The maximum absolute atomic E-state index is 12.1. The number of carbonyl (C=O) groups is 1. The Hall–Kier alpha value is -1.75. The summed E-state index contributed by atoms with van der Waals surface area (Å²) in [5, 5.41) is 12.5. The summed E-state index contributed by atoms with van der Waals surface area (Å²) in [6, 6.07) is 7.73. The molecule has 0 radical (unpaired) electrons. The third-order valence-corrected chi connectivity index (χ3v) is 4.67. The molecular weight excluding hydrogens is 278 g/mol. The fraction of sp³-hybridized carbons (Fsp3) is 0.588. The van der Waals surface area contributed by atoms with Gasteiger partial charge in [-0.2, -0.15) is 0 Å². The van der Waals surface area contributed by atoms with Crippen molar-refractivity contribution in [3.05, 3.63) is 24.3 Å². The van der Waals surface area contributed by atoms with Gasteiger partial charge in [0.25, 0.3) is 0 Å². The molecule has 3 rings (SSSR count). The van der Waals surface area contributed by atoms with Crippen LogP contribution in [0, 0.1) is 0 Å². The Morgan fingerprint density at radius 1 is 1.09 bits per heavy atom. The number of aromatic hydroxyl groups is 1. The van der Waals surface area contributed by atoms with Gasteiger partial charge in [0.1, 0.15) is 5.75 Å². The number of benzene rings is 1. The molecule has 1 aliphatic heterocycles. The molecule has 1 saturated heterocycles. The van der Waals surface area contributed by atoms with Crippen LogP contribution in [0.1, 0.15) is 25.7 Å². The molecule has 0 spiro atoms. The summed E-state index contributed by atoms with van der Waals surface area (Å²) in [6.45, 7) is 4.15. The molecule has 120 valence electrons. The predicted octanol–water partition coefficient (Wildman–Crippen LogP) is 1.57. The number of hydrogen-bond acceptors (Lipinski definition) is 4. The van der Waals surface area contributed by atoms with Crippen LogP contribution < -0.4 is 10.2 Å². The fourth-order valence-corrected chi connectivity index (χ4v) is 3.37. The monoisotopic (exact) mass is 303 g/mol. The number of nitrogens with one attached hydrogen (secondary N) is 1. The number of piperazine rings is 1. The number of phenols is 1. The van der Waals surface area contributed by atoms with Crippen LogP contribution in [0.25, 0.3) is 0 Å². The molecule has 1 amide bonds. The average molecular weight is 303 g/mol. The summed E-state index contributed by atoms with van der Waals surface area (Å²) in [5.41, 5.74) is 1.13.